The third kappa shape index (κ3) is 1.06. The van der Waals surface area contributed by atoms with Crippen molar-refractivity contribution < 1.29 is 0 Å². The molecule has 4 heteroatoms. The van der Waals surface area contributed by atoms with Crippen molar-refractivity contribution in [2.45, 2.75) is 25.3 Å². The molecule has 0 saturated heterocycles. The molecular formula is C9H12N4. The Bertz CT molecular complexity index is 404. The van der Waals surface area contributed by atoms with Crippen molar-refractivity contribution in [3.05, 3.63) is 23.7 Å². The molecule has 0 aliphatic heterocycles. The zero-order valence-electron chi connectivity index (χ0n) is 7.33. The van der Waals surface area contributed by atoms with Crippen molar-refractivity contribution in [3.8, 4) is 0 Å². The first-order valence-corrected chi connectivity index (χ1v) is 4.64. The van der Waals surface area contributed by atoms with Crippen molar-refractivity contribution in [3.63, 3.8) is 0 Å². The summed E-state index contributed by atoms with van der Waals surface area (Å²) in [5, 5.41) is 3.31. The second-order valence-corrected chi connectivity index (χ2v) is 3.65. The standard InChI is InChI=1S/C9H12N4/c10-4-7-5-13-9(11-7)3-8(12-13)6-1-2-6/h3,5-6,12H,1-2,4,10H2. The number of imidazole rings is 1. The van der Waals surface area contributed by atoms with Gasteiger partial charge in [0.05, 0.1) is 11.9 Å². The van der Waals surface area contributed by atoms with Crippen LogP contribution in [0.2, 0.25) is 0 Å². The van der Waals surface area contributed by atoms with Gasteiger partial charge in [-0.05, 0) is 12.8 Å². The van der Waals surface area contributed by atoms with E-state index in [1.165, 1.54) is 18.5 Å². The zero-order chi connectivity index (χ0) is 8.84. The minimum atomic E-state index is 0.508. The van der Waals surface area contributed by atoms with Crippen LogP contribution in [0.25, 0.3) is 5.65 Å². The number of rotatable bonds is 2. The fourth-order valence-corrected chi connectivity index (χ4v) is 1.65. The third-order valence-corrected chi connectivity index (χ3v) is 2.54. The summed E-state index contributed by atoms with van der Waals surface area (Å²) < 4.78 is 1.95. The smallest absolute Gasteiger partial charge is 0.153 e. The zero-order valence-corrected chi connectivity index (χ0v) is 7.33. The number of H-pyrrole nitrogens is 1. The second kappa shape index (κ2) is 2.35. The second-order valence-electron chi connectivity index (χ2n) is 3.65. The van der Waals surface area contributed by atoms with Gasteiger partial charge in [-0.25, -0.2) is 9.50 Å². The number of aromatic amines is 1. The predicted molar refractivity (Wildman–Crippen MR) is 49.4 cm³/mol. The Kier molecular flexibility index (Phi) is 1.29. The molecule has 0 atom stereocenters. The van der Waals surface area contributed by atoms with Crippen LogP contribution < -0.4 is 5.73 Å². The Morgan fingerprint density at radius 2 is 2.46 bits per heavy atom. The highest BCUT2D eigenvalue weighted by atomic mass is 15.3. The molecule has 3 rings (SSSR count). The van der Waals surface area contributed by atoms with Crippen molar-refractivity contribution in [2.24, 2.45) is 5.73 Å². The Hall–Kier alpha value is -1.29. The Morgan fingerprint density at radius 3 is 3.08 bits per heavy atom. The highest BCUT2D eigenvalue weighted by molar-refractivity contribution is 5.42. The number of hydrogen-bond donors (Lipinski definition) is 2. The molecule has 4 nitrogen and oxygen atoms in total. The first kappa shape index (κ1) is 7.15. The lowest BCUT2D eigenvalue weighted by Gasteiger charge is -1.88. The monoisotopic (exact) mass is 176 g/mol. The van der Waals surface area contributed by atoms with Gasteiger partial charge in [0.15, 0.2) is 5.65 Å². The lowest BCUT2D eigenvalue weighted by Crippen LogP contribution is -1.95. The van der Waals surface area contributed by atoms with E-state index in [-0.39, 0.29) is 0 Å². The Morgan fingerprint density at radius 1 is 1.62 bits per heavy atom. The lowest BCUT2D eigenvalue weighted by molar-refractivity contribution is 0.891. The van der Waals surface area contributed by atoms with Crippen LogP contribution in [0.15, 0.2) is 12.3 Å². The van der Waals surface area contributed by atoms with Gasteiger partial charge in [-0.3, -0.25) is 5.10 Å². The number of aromatic nitrogens is 3. The fourth-order valence-electron chi connectivity index (χ4n) is 1.65. The normalized spacial score (nSPS) is 17.0. The van der Waals surface area contributed by atoms with Gasteiger partial charge in [0.25, 0.3) is 0 Å². The molecule has 3 N–H and O–H groups in total. The largest absolute Gasteiger partial charge is 0.325 e. The summed E-state index contributed by atoms with van der Waals surface area (Å²) in [4.78, 5) is 4.37. The van der Waals surface area contributed by atoms with E-state index in [1.54, 1.807) is 0 Å². The van der Waals surface area contributed by atoms with Gasteiger partial charge in [0, 0.05) is 24.2 Å². The molecule has 2 aromatic heterocycles. The van der Waals surface area contributed by atoms with Crippen molar-refractivity contribution in [1.29, 1.82) is 0 Å². The first-order chi connectivity index (χ1) is 6.36. The lowest BCUT2D eigenvalue weighted by atomic mass is 10.3. The fraction of sp³-hybridized carbons (Fsp3) is 0.444. The summed E-state index contributed by atoms with van der Waals surface area (Å²) in [7, 11) is 0. The molecule has 68 valence electrons. The molecule has 0 unspecified atom stereocenters. The van der Waals surface area contributed by atoms with E-state index in [9.17, 15) is 0 Å². The molecule has 1 saturated carbocycles. The summed E-state index contributed by atoms with van der Waals surface area (Å²) >= 11 is 0. The van der Waals surface area contributed by atoms with Gasteiger partial charge in [-0.1, -0.05) is 0 Å². The molecule has 1 fully saturated rings. The molecule has 0 aromatic carbocycles. The SMILES string of the molecule is NCc1cn2[nH]c(C3CC3)cc2n1. The summed E-state index contributed by atoms with van der Waals surface area (Å²) in [6, 6.07) is 2.12. The van der Waals surface area contributed by atoms with E-state index < -0.39 is 0 Å². The molecular weight excluding hydrogens is 164 g/mol. The van der Waals surface area contributed by atoms with Crippen LogP contribution in [0.3, 0.4) is 0 Å². The molecule has 13 heavy (non-hydrogen) atoms. The average molecular weight is 176 g/mol. The number of fused-ring (bicyclic) bond motifs is 1. The topological polar surface area (TPSA) is 59.1 Å². The third-order valence-electron chi connectivity index (χ3n) is 2.54. The maximum absolute atomic E-state index is 5.49. The van der Waals surface area contributed by atoms with Gasteiger partial charge in [0.2, 0.25) is 0 Å². The molecule has 0 amide bonds. The molecule has 0 bridgehead atoms. The molecule has 1 aliphatic rings. The highest BCUT2D eigenvalue weighted by Gasteiger charge is 2.25. The molecule has 0 spiro atoms. The van der Waals surface area contributed by atoms with Crippen LogP contribution in [0.1, 0.15) is 30.1 Å². The number of hydrogen-bond acceptors (Lipinski definition) is 2. The first-order valence-electron chi connectivity index (χ1n) is 4.64. The summed E-state index contributed by atoms with van der Waals surface area (Å²) in [5.74, 6) is 0.753. The predicted octanol–water partition coefficient (Wildman–Crippen LogP) is 0.998. The Balaban J connectivity index is 2.09. The summed E-state index contributed by atoms with van der Waals surface area (Å²) in [6.07, 6.45) is 4.59. The van der Waals surface area contributed by atoms with E-state index in [1.807, 2.05) is 10.7 Å². The van der Waals surface area contributed by atoms with E-state index >= 15 is 0 Å². The molecule has 2 aromatic rings. The summed E-state index contributed by atoms with van der Waals surface area (Å²) in [5.41, 5.74) is 8.73. The van der Waals surface area contributed by atoms with Gasteiger partial charge in [-0.2, -0.15) is 0 Å². The van der Waals surface area contributed by atoms with E-state index in [0.29, 0.717) is 6.54 Å². The quantitative estimate of drug-likeness (QED) is 0.717. The van der Waals surface area contributed by atoms with Crippen LogP contribution in [0.5, 0.6) is 0 Å². The maximum Gasteiger partial charge on any atom is 0.153 e. The highest BCUT2D eigenvalue weighted by Crippen LogP contribution is 2.39. The van der Waals surface area contributed by atoms with Crippen LogP contribution in [-0.4, -0.2) is 14.6 Å². The van der Waals surface area contributed by atoms with Crippen LogP contribution in [0.4, 0.5) is 0 Å². The van der Waals surface area contributed by atoms with Gasteiger partial charge >= 0.3 is 0 Å². The van der Waals surface area contributed by atoms with Crippen molar-refractivity contribution >= 4 is 5.65 Å². The van der Waals surface area contributed by atoms with Gasteiger partial charge < -0.3 is 5.73 Å². The van der Waals surface area contributed by atoms with Gasteiger partial charge in [-0.15, -0.1) is 0 Å². The van der Waals surface area contributed by atoms with E-state index in [0.717, 1.165) is 17.3 Å². The number of nitrogens with two attached hydrogens (primary N) is 1. The Labute approximate surface area is 75.7 Å². The maximum atomic E-state index is 5.49. The average Bonchev–Trinajstić information content (AvgIpc) is 2.78. The number of nitrogens with zero attached hydrogens (tertiary/aromatic N) is 2. The minimum absolute atomic E-state index is 0.508. The molecule has 2 heterocycles. The minimum Gasteiger partial charge on any atom is -0.325 e. The van der Waals surface area contributed by atoms with E-state index in [4.69, 9.17) is 5.73 Å². The van der Waals surface area contributed by atoms with Crippen molar-refractivity contribution in [1.82, 2.24) is 14.6 Å². The number of nitrogens with one attached hydrogen (secondary N) is 1. The van der Waals surface area contributed by atoms with Crippen LogP contribution >= 0.6 is 0 Å². The van der Waals surface area contributed by atoms with Crippen LogP contribution in [-0.2, 0) is 6.54 Å². The van der Waals surface area contributed by atoms with Crippen molar-refractivity contribution in [2.75, 3.05) is 0 Å². The molecule has 0 radical (unpaired) electrons. The van der Waals surface area contributed by atoms with Crippen LogP contribution in [0, 0.1) is 0 Å². The van der Waals surface area contributed by atoms with E-state index in [2.05, 4.69) is 16.1 Å². The molecule has 1 aliphatic carbocycles. The summed E-state index contributed by atoms with van der Waals surface area (Å²) in [6.45, 7) is 0.508. The van der Waals surface area contributed by atoms with Gasteiger partial charge in [0.1, 0.15) is 0 Å².